The first-order valence-electron chi connectivity index (χ1n) is 4.53. The van der Waals surface area contributed by atoms with E-state index in [2.05, 4.69) is 24.7 Å². The Morgan fingerprint density at radius 3 is 1.79 bits per heavy atom. The molecule has 14 heavy (non-hydrogen) atoms. The molecule has 0 aromatic rings. The van der Waals surface area contributed by atoms with Gasteiger partial charge in [0.05, 0.1) is 0 Å². The van der Waals surface area contributed by atoms with Crippen LogP contribution in [0.25, 0.3) is 0 Å². The zero-order valence-electron chi connectivity index (χ0n) is 9.79. The minimum atomic E-state index is -0.933. The molecular formula is C9H23O4P. The zero-order chi connectivity index (χ0) is 11.6. The first-order chi connectivity index (χ1) is 6.33. The predicted octanol–water partition coefficient (Wildman–Crippen LogP) is 0.990. The maximum absolute atomic E-state index is 9.47. The van der Waals surface area contributed by atoms with E-state index in [1.807, 2.05) is 0 Å². The van der Waals surface area contributed by atoms with E-state index < -0.39 is 13.2 Å². The second-order valence-electron chi connectivity index (χ2n) is 4.13. The number of ether oxygens (including phenoxy) is 2. The van der Waals surface area contributed by atoms with Crippen LogP contribution in [-0.2, 0) is 14.3 Å². The van der Waals surface area contributed by atoms with Crippen molar-refractivity contribution in [2.75, 3.05) is 53.6 Å². The van der Waals surface area contributed by atoms with Crippen molar-refractivity contribution in [3.05, 3.63) is 0 Å². The number of methoxy groups -OCH3 is 2. The van der Waals surface area contributed by atoms with Crippen LogP contribution in [0.4, 0.5) is 0 Å². The minimum absolute atomic E-state index is 0.208. The Kier molecular flexibility index (Phi) is 10.9. The van der Waals surface area contributed by atoms with Crippen molar-refractivity contribution in [1.29, 1.82) is 0 Å². The Morgan fingerprint density at radius 2 is 1.71 bits per heavy atom. The number of carboxylic acid groups (broad SMARTS) is 1. The van der Waals surface area contributed by atoms with Gasteiger partial charge in [0.1, 0.15) is 6.61 Å². The summed E-state index contributed by atoms with van der Waals surface area (Å²) in [4.78, 5) is 9.47. The van der Waals surface area contributed by atoms with Gasteiger partial charge in [-0.25, -0.2) is 4.79 Å². The predicted molar refractivity (Wildman–Crippen MR) is 62.3 cm³/mol. The number of carbonyl (C=O) groups is 1. The zero-order valence-corrected chi connectivity index (χ0v) is 10.8. The van der Waals surface area contributed by atoms with Crippen LogP contribution in [0.15, 0.2) is 0 Å². The quantitative estimate of drug-likeness (QED) is 0.710. The fourth-order valence-corrected chi connectivity index (χ4v) is 1.35. The molecule has 0 aromatic carbocycles. The summed E-state index contributed by atoms with van der Waals surface area (Å²) in [6.07, 6.45) is 1.28. The summed E-state index contributed by atoms with van der Waals surface area (Å²) in [7, 11) is 2.30. The summed E-state index contributed by atoms with van der Waals surface area (Å²) in [5, 5.41) is 7.79. The van der Waals surface area contributed by atoms with E-state index in [0.29, 0.717) is 0 Å². The Labute approximate surface area is 86.9 Å². The molecule has 5 heteroatoms. The Morgan fingerprint density at radius 1 is 1.21 bits per heavy atom. The van der Waals surface area contributed by atoms with E-state index in [-0.39, 0.29) is 6.61 Å². The summed E-state index contributed by atoms with van der Waals surface area (Å²) < 4.78 is 9.16. The molecule has 0 atom stereocenters. The van der Waals surface area contributed by atoms with E-state index >= 15 is 0 Å². The fourth-order valence-electron chi connectivity index (χ4n) is 0.532. The second kappa shape index (κ2) is 9.38. The molecule has 88 valence electrons. The molecule has 0 spiro atoms. The van der Waals surface area contributed by atoms with Crippen molar-refractivity contribution in [3.63, 3.8) is 0 Å². The van der Waals surface area contributed by atoms with E-state index in [9.17, 15) is 4.79 Å². The maximum atomic E-state index is 9.47. The average Bonchev–Trinajstić information content (AvgIpc) is 2.00. The van der Waals surface area contributed by atoms with Gasteiger partial charge in [0.2, 0.25) is 0 Å². The Hall–Kier alpha value is -0.180. The number of hydrogen-bond acceptors (Lipinski definition) is 3. The van der Waals surface area contributed by atoms with Crippen molar-refractivity contribution in [3.8, 4) is 0 Å². The van der Waals surface area contributed by atoms with Crippen LogP contribution in [0, 0.1) is 0 Å². The second-order valence-corrected chi connectivity index (χ2v) is 9.75. The van der Waals surface area contributed by atoms with Crippen LogP contribution in [0.2, 0.25) is 0 Å². The van der Waals surface area contributed by atoms with Crippen LogP contribution in [0.5, 0.6) is 0 Å². The Bertz CT molecular complexity index is 142. The van der Waals surface area contributed by atoms with Crippen LogP contribution < -0.4 is 0 Å². The van der Waals surface area contributed by atoms with Gasteiger partial charge in [-0.15, -0.1) is 0 Å². The molecule has 0 amide bonds. The first kappa shape index (κ1) is 16.3. The van der Waals surface area contributed by atoms with Gasteiger partial charge in [0.25, 0.3) is 0 Å². The molecule has 0 saturated heterocycles. The molecule has 0 rings (SSSR count). The summed E-state index contributed by atoms with van der Waals surface area (Å²) in [6, 6.07) is 0. The molecule has 0 unspecified atom stereocenters. The molecule has 0 aliphatic carbocycles. The van der Waals surface area contributed by atoms with Crippen LogP contribution >= 0.6 is 7.26 Å². The summed E-state index contributed by atoms with van der Waals surface area (Å²) in [5.41, 5.74) is 0. The van der Waals surface area contributed by atoms with Gasteiger partial charge in [-0.2, -0.15) is 0 Å². The first-order valence-corrected chi connectivity index (χ1v) is 8.24. The van der Waals surface area contributed by atoms with Crippen molar-refractivity contribution in [1.82, 2.24) is 0 Å². The van der Waals surface area contributed by atoms with Gasteiger partial charge in [-0.3, -0.25) is 0 Å². The number of aliphatic carboxylic acids is 1. The number of rotatable bonds is 5. The molecule has 1 N–H and O–H groups in total. The third-order valence-electron chi connectivity index (χ3n) is 1.32. The molecule has 0 aromatic heterocycles. The van der Waals surface area contributed by atoms with E-state index in [0.717, 1.165) is 6.61 Å². The van der Waals surface area contributed by atoms with Crippen LogP contribution in [-0.4, -0.2) is 64.7 Å². The van der Waals surface area contributed by atoms with Gasteiger partial charge < -0.3 is 9.84 Å². The molecule has 0 fully saturated rings. The van der Waals surface area contributed by atoms with E-state index in [4.69, 9.17) is 9.84 Å². The van der Waals surface area contributed by atoms with E-state index in [1.165, 1.54) is 13.3 Å². The summed E-state index contributed by atoms with van der Waals surface area (Å²) in [5.74, 6) is -0.933. The van der Waals surface area contributed by atoms with Crippen molar-refractivity contribution in [2.24, 2.45) is 0 Å². The van der Waals surface area contributed by atoms with Crippen molar-refractivity contribution in [2.45, 2.75) is 0 Å². The third-order valence-corrected chi connectivity index (χ3v) is 3.03. The third kappa shape index (κ3) is 22.6. The van der Waals surface area contributed by atoms with Crippen molar-refractivity contribution >= 4 is 13.2 Å². The van der Waals surface area contributed by atoms with E-state index in [1.54, 1.807) is 7.11 Å². The SMILES string of the molecule is COCC(=O)O.COCC[PH](C)(C)C. The molecule has 0 radical (unpaired) electrons. The molecule has 4 nitrogen and oxygen atoms in total. The topological polar surface area (TPSA) is 55.8 Å². The molecule has 0 aliphatic heterocycles. The molecule has 0 saturated carbocycles. The van der Waals surface area contributed by atoms with Gasteiger partial charge in [0, 0.05) is 7.11 Å². The average molecular weight is 226 g/mol. The number of hydrogen-bond donors (Lipinski definition) is 1. The Balaban J connectivity index is 0. The molecular weight excluding hydrogens is 203 g/mol. The summed E-state index contributed by atoms with van der Waals surface area (Å²) in [6.45, 7) is 7.79. The van der Waals surface area contributed by atoms with Gasteiger partial charge in [-0.05, 0) is 0 Å². The normalized spacial score (nSPS) is 11.5. The molecule has 0 heterocycles. The van der Waals surface area contributed by atoms with Crippen LogP contribution in [0.3, 0.4) is 0 Å². The van der Waals surface area contributed by atoms with Crippen molar-refractivity contribution < 1.29 is 19.4 Å². The summed E-state index contributed by atoms with van der Waals surface area (Å²) >= 11 is 0. The monoisotopic (exact) mass is 226 g/mol. The van der Waals surface area contributed by atoms with Gasteiger partial charge >= 0.3 is 57.8 Å². The molecule has 0 aliphatic rings. The molecule has 0 bridgehead atoms. The fraction of sp³-hybridized carbons (Fsp3) is 0.889. The van der Waals surface area contributed by atoms with Gasteiger partial charge in [0.15, 0.2) is 0 Å². The number of carboxylic acids is 1. The standard InChI is InChI=1S/C6H17OP.C3H6O3/c1-7-5-6-8(2,3)4;1-6-2-3(4)5/h8H,5-6H2,1-4H3;2H2,1H3,(H,4,5). The van der Waals surface area contributed by atoms with Crippen LogP contribution in [0.1, 0.15) is 0 Å². The van der Waals surface area contributed by atoms with Gasteiger partial charge in [-0.1, -0.05) is 0 Å².